The fourth-order valence-electron chi connectivity index (χ4n) is 2.60. The summed E-state index contributed by atoms with van der Waals surface area (Å²) < 4.78 is 24.0. The number of hydrogen-bond acceptors (Lipinski definition) is 3. The van der Waals surface area contributed by atoms with Crippen molar-refractivity contribution in [2.24, 2.45) is 0 Å². The molecule has 1 heterocycles. The minimum Gasteiger partial charge on any atom is -0.486 e. The molecule has 0 bridgehead atoms. The summed E-state index contributed by atoms with van der Waals surface area (Å²) >= 11 is 0. The smallest absolute Gasteiger partial charge is 0.246 e. The van der Waals surface area contributed by atoms with Gasteiger partial charge in [0.2, 0.25) is 5.91 Å². The number of amides is 1. The molecule has 25 heavy (non-hydrogen) atoms. The van der Waals surface area contributed by atoms with E-state index in [1.165, 1.54) is 18.2 Å². The predicted octanol–water partition coefficient (Wildman–Crippen LogP) is 3.66. The van der Waals surface area contributed by atoms with Crippen LogP contribution < -0.4 is 9.47 Å². The third-order valence-electron chi connectivity index (χ3n) is 3.96. The van der Waals surface area contributed by atoms with Crippen LogP contribution >= 0.6 is 0 Å². The van der Waals surface area contributed by atoms with E-state index in [9.17, 15) is 9.18 Å². The Kier molecular flexibility index (Phi) is 5.33. The summed E-state index contributed by atoms with van der Waals surface area (Å²) in [6, 6.07) is 11.7. The second-order valence-corrected chi connectivity index (χ2v) is 5.72. The minimum absolute atomic E-state index is 0.0956. The average Bonchev–Trinajstić information content (AvgIpc) is 2.65. The number of carbonyl (C=O) groups is 1. The van der Waals surface area contributed by atoms with Crippen molar-refractivity contribution in [3.05, 3.63) is 65.5 Å². The van der Waals surface area contributed by atoms with Gasteiger partial charge in [-0.1, -0.05) is 18.2 Å². The topological polar surface area (TPSA) is 38.8 Å². The number of hydrogen-bond donors (Lipinski definition) is 0. The third-order valence-corrected chi connectivity index (χ3v) is 3.96. The summed E-state index contributed by atoms with van der Waals surface area (Å²) in [5, 5.41) is 0. The van der Waals surface area contributed by atoms with Crippen molar-refractivity contribution in [1.29, 1.82) is 0 Å². The largest absolute Gasteiger partial charge is 0.486 e. The SMILES string of the molecule is CCN(Cc1ccc2c(c1)OCCO2)C(=O)C=Cc1ccc(F)cc1. The lowest BCUT2D eigenvalue weighted by Crippen LogP contribution is -2.28. The minimum atomic E-state index is -0.294. The maximum atomic E-state index is 12.9. The van der Waals surface area contributed by atoms with Gasteiger partial charge in [0, 0.05) is 19.2 Å². The molecule has 1 aliphatic heterocycles. The van der Waals surface area contributed by atoms with Crippen molar-refractivity contribution in [1.82, 2.24) is 4.90 Å². The van der Waals surface area contributed by atoms with E-state index in [-0.39, 0.29) is 11.7 Å². The molecule has 1 aliphatic rings. The molecule has 0 unspecified atom stereocenters. The van der Waals surface area contributed by atoms with Gasteiger partial charge in [0.15, 0.2) is 11.5 Å². The summed E-state index contributed by atoms with van der Waals surface area (Å²) in [7, 11) is 0. The molecule has 0 fully saturated rings. The first-order valence-corrected chi connectivity index (χ1v) is 8.27. The number of carbonyl (C=O) groups excluding carboxylic acids is 1. The maximum Gasteiger partial charge on any atom is 0.246 e. The standard InChI is InChI=1S/C20H20FNO3/c1-2-22(20(23)10-6-15-3-7-17(21)8-4-15)14-16-5-9-18-19(13-16)25-12-11-24-18/h3-10,13H,2,11-12,14H2,1H3. The molecule has 0 saturated heterocycles. The Morgan fingerprint density at radius 1 is 1.12 bits per heavy atom. The van der Waals surface area contributed by atoms with Crippen molar-refractivity contribution in [2.45, 2.75) is 13.5 Å². The van der Waals surface area contributed by atoms with E-state index in [4.69, 9.17) is 9.47 Å². The molecule has 130 valence electrons. The van der Waals surface area contributed by atoms with Gasteiger partial charge in [-0.05, 0) is 48.4 Å². The van der Waals surface area contributed by atoms with Crippen LogP contribution in [0.3, 0.4) is 0 Å². The van der Waals surface area contributed by atoms with E-state index in [1.807, 2.05) is 25.1 Å². The second kappa shape index (κ2) is 7.83. The molecular formula is C20H20FNO3. The van der Waals surface area contributed by atoms with Crippen LogP contribution in [0.2, 0.25) is 0 Å². The number of benzene rings is 2. The fourth-order valence-corrected chi connectivity index (χ4v) is 2.60. The van der Waals surface area contributed by atoms with Crippen LogP contribution in [0.25, 0.3) is 6.08 Å². The first-order chi connectivity index (χ1) is 12.2. The molecule has 3 rings (SSSR count). The number of fused-ring (bicyclic) bond motifs is 1. The zero-order chi connectivity index (χ0) is 17.6. The summed E-state index contributed by atoms with van der Waals surface area (Å²) in [6.45, 7) is 4.09. The predicted molar refractivity (Wildman–Crippen MR) is 94.0 cm³/mol. The lowest BCUT2D eigenvalue weighted by Gasteiger charge is -2.22. The summed E-state index contributed by atoms with van der Waals surface area (Å²) in [6.07, 6.45) is 3.20. The monoisotopic (exact) mass is 341 g/mol. The van der Waals surface area contributed by atoms with Crippen LogP contribution in [0.5, 0.6) is 11.5 Å². The number of nitrogens with zero attached hydrogens (tertiary/aromatic N) is 1. The zero-order valence-corrected chi connectivity index (χ0v) is 14.1. The fraction of sp³-hybridized carbons (Fsp3) is 0.250. The van der Waals surface area contributed by atoms with E-state index >= 15 is 0 Å². The molecule has 4 nitrogen and oxygen atoms in total. The first-order valence-electron chi connectivity index (χ1n) is 8.27. The van der Waals surface area contributed by atoms with Gasteiger partial charge < -0.3 is 14.4 Å². The van der Waals surface area contributed by atoms with Gasteiger partial charge in [-0.3, -0.25) is 4.79 Å². The number of halogens is 1. The van der Waals surface area contributed by atoms with Gasteiger partial charge in [-0.15, -0.1) is 0 Å². The molecule has 2 aromatic rings. The van der Waals surface area contributed by atoms with Crippen molar-refractivity contribution in [3.8, 4) is 11.5 Å². The molecule has 2 aromatic carbocycles. The highest BCUT2D eigenvalue weighted by molar-refractivity contribution is 5.91. The van der Waals surface area contributed by atoms with Crippen LogP contribution in [-0.4, -0.2) is 30.6 Å². The van der Waals surface area contributed by atoms with Crippen LogP contribution in [-0.2, 0) is 11.3 Å². The van der Waals surface area contributed by atoms with Crippen molar-refractivity contribution in [2.75, 3.05) is 19.8 Å². The van der Waals surface area contributed by atoms with E-state index < -0.39 is 0 Å². The highest BCUT2D eigenvalue weighted by Gasteiger charge is 2.14. The molecular weight excluding hydrogens is 321 g/mol. The molecule has 0 N–H and O–H groups in total. The van der Waals surface area contributed by atoms with E-state index in [2.05, 4.69) is 0 Å². The van der Waals surface area contributed by atoms with Crippen molar-refractivity contribution >= 4 is 12.0 Å². The summed E-state index contributed by atoms with van der Waals surface area (Å²) in [5.74, 6) is 1.06. The molecule has 0 atom stereocenters. The first kappa shape index (κ1) is 17.0. The van der Waals surface area contributed by atoms with Crippen LogP contribution in [0.15, 0.2) is 48.5 Å². The van der Waals surface area contributed by atoms with Gasteiger partial charge in [-0.2, -0.15) is 0 Å². The van der Waals surface area contributed by atoms with E-state index in [1.54, 1.807) is 23.1 Å². The Hall–Kier alpha value is -2.82. The quantitative estimate of drug-likeness (QED) is 0.779. The third kappa shape index (κ3) is 4.38. The van der Waals surface area contributed by atoms with Crippen LogP contribution in [0.4, 0.5) is 4.39 Å². The molecule has 0 aromatic heterocycles. The highest BCUT2D eigenvalue weighted by Crippen LogP contribution is 2.31. The summed E-state index contributed by atoms with van der Waals surface area (Å²) in [4.78, 5) is 14.1. The molecule has 0 saturated carbocycles. The Morgan fingerprint density at radius 3 is 2.56 bits per heavy atom. The molecule has 0 radical (unpaired) electrons. The van der Waals surface area contributed by atoms with E-state index in [0.717, 1.165) is 16.9 Å². The van der Waals surface area contributed by atoms with Crippen LogP contribution in [0, 0.1) is 5.82 Å². The van der Waals surface area contributed by atoms with Crippen molar-refractivity contribution in [3.63, 3.8) is 0 Å². The zero-order valence-electron chi connectivity index (χ0n) is 14.1. The lowest BCUT2D eigenvalue weighted by molar-refractivity contribution is -0.126. The molecule has 0 aliphatic carbocycles. The maximum absolute atomic E-state index is 12.9. The number of likely N-dealkylation sites (N-methyl/N-ethyl adjacent to an activating group) is 1. The Morgan fingerprint density at radius 2 is 1.84 bits per heavy atom. The van der Waals surface area contributed by atoms with Gasteiger partial charge >= 0.3 is 0 Å². The summed E-state index contributed by atoms with van der Waals surface area (Å²) in [5.41, 5.74) is 1.76. The van der Waals surface area contributed by atoms with Gasteiger partial charge in [0.25, 0.3) is 0 Å². The van der Waals surface area contributed by atoms with Crippen molar-refractivity contribution < 1.29 is 18.7 Å². The van der Waals surface area contributed by atoms with Gasteiger partial charge in [0.1, 0.15) is 19.0 Å². The molecule has 0 spiro atoms. The molecule has 5 heteroatoms. The molecule has 1 amide bonds. The second-order valence-electron chi connectivity index (χ2n) is 5.72. The Labute approximate surface area is 146 Å². The van der Waals surface area contributed by atoms with Crippen LogP contribution in [0.1, 0.15) is 18.1 Å². The van der Waals surface area contributed by atoms with E-state index in [0.29, 0.717) is 32.1 Å². The normalized spacial score (nSPS) is 13.0. The average molecular weight is 341 g/mol. The Bertz CT molecular complexity index is 771. The van der Waals surface area contributed by atoms with Gasteiger partial charge in [0.05, 0.1) is 0 Å². The number of rotatable bonds is 5. The lowest BCUT2D eigenvalue weighted by atomic mass is 10.1. The highest BCUT2D eigenvalue weighted by atomic mass is 19.1. The van der Waals surface area contributed by atoms with Gasteiger partial charge in [-0.25, -0.2) is 4.39 Å². The Balaban J connectivity index is 1.67. The number of ether oxygens (including phenoxy) is 2.